The van der Waals surface area contributed by atoms with Crippen molar-refractivity contribution in [3.05, 3.63) is 21.6 Å². The molecular formula is C9H9F2IN4O. The summed E-state index contributed by atoms with van der Waals surface area (Å²) in [5.41, 5.74) is -0.602. The second-order valence-electron chi connectivity index (χ2n) is 4.13. The van der Waals surface area contributed by atoms with Crippen LogP contribution < -0.4 is 10.9 Å². The highest BCUT2D eigenvalue weighted by molar-refractivity contribution is 14.1. The number of nitrogens with one attached hydrogen (secondary N) is 1. The van der Waals surface area contributed by atoms with Crippen molar-refractivity contribution in [1.29, 1.82) is 0 Å². The van der Waals surface area contributed by atoms with Crippen molar-refractivity contribution in [3.63, 3.8) is 0 Å². The number of fused-ring (bicyclic) bond motifs is 3. The minimum absolute atomic E-state index is 0.114. The number of anilines is 1. The molecule has 2 aliphatic rings. The molecule has 0 aliphatic carbocycles. The molecule has 0 saturated heterocycles. The third-order valence-electron chi connectivity index (χ3n) is 2.94. The van der Waals surface area contributed by atoms with Crippen LogP contribution in [0.2, 0.25) is 0 Å². The predicted molar refractivity (Wildman–Crippen MR) is 65.3 cm³/mol. The predicted octanol–water partition coefficient (Wildman–Crippen LogP) is 0.926. The molecular weight excluding hydrogens is 345 g/mol. The maximum absolute atomic E-state index is 14.0. The van der Waals surface area contributed by atoms with Crippen LogP contribution in [0.4, 0.5) is 14.7 Å². The van der Waals surface area contributed by atoms with E-state index in [1.807, 2.05) is 0 Å². The van der Waals surface area contributed by atoms with Crippen molar-refractivity contribution >= 4 is 28.8 Å². The highest BCUT2D eigenvalue weighted by Crippen LogP contribution is 2.37. The molecule has 0 radical (unpaired) electrons. The van der Waals surface area contributed by atoms with Gasteiger partial charge in [0.2, 0.25) is 5.95 Å². The first-order valence-electron chi connectivity index (χ1n) is 5.15. The molecule has 3 rings (SSSR count). The fraction of sp³-hybridized carbons (Fsp3) is 0.556. The Morgan fingerprint density at radius 1 is 1.47 bits per heavy atom. The minimum Gasteiger partial charge on any atom is -0.354 e. The fourth-order valence-electron chi connectivity index (χ4n) is 2.30. The van der Waals surface area contributed by atoms with Crippen LogP contribution in [-0.2, 0) is 19.0 Å². The standard InChI is InChI=1S/C9H9F2IN4O/c10-9(11)4-15(12)3-5-6(9)16-2-1-13-8(16)14-7(5)17/h1-4H2,(H,13,14,17). The summed E-state index contributed by atoms with van der Waals surface area (Å²) in [6.07, 6.45) is 0. The topological polar surface area (TPSA) is 50.2 Å². The molecule has 0 saturated carbocycles. The Hall–Kier alpha value is -0.770. The summed E-state index contributed by atoms with van der Waals surface area (Å²) in [6, 6.07) is 0. The summed E-state index contributed by atoms with van der Waals surface area (Å²) in [4.78, 5) is 15.5. The summed E-state index contributed by atoms with van der Waals surface area (Å²) < 4.78 is 30.9. The normalized spacial score (nSPS) is 21.8. The van der Waals surface area contributed by atoms with Crippen molar-refractivity contribution < 1.29 is 8.78 Å². The number of alkyl halides is 2. The Morgan fingerprint density at radius 2 is 2.24 bits per heavy atom. The van der Waals surface area contributed by atoms with Crippen molar-refractivity contribution in [3.8, 4) is 0 Å². The van der Waals surface area contributed by atoms with Gasteiger partial charge in [-0.25, -0.2) is 3.11 Å². The van der Waals surface area contributed by atoms with Crippen LogP contribution in [-0.4, -0.2) is 25.8 Å². The first kappa shape index (κ1) is 11.3. The van der Waals surface area contributed by atoms with Gasteiger partial charge in [-0.15, -0.1) is 0 Å². The van der Waals surface area contributed by atoms with E-state index in [-0.39, 0.29) is 30.3 Å². The molecule has 0 aromatic carbocycles. The van der Waals surface area contributed by atoms with E-state index in [9.17, 15) is 13.6 Å². The average Bonchev–Trinajstić information content (AvgIpc) is 2.63. The summed E-state index contributed by atoms with van der Waals surface area (Å²) >= 11 is 1.81. The molecule has 2 aliphatic heterocycles. The molecule has 1 aromatic heterocycles. The number of halogens is 3. The van der Waals surface area contributed by atoms with Crippen molar-refractivity contribution in [2.75, 3.05) is 18.4 Å². The first-order chi connectivity index (χ1) is 7.99. The van der Waals surface area contributed by atoms with Crippen LogP contribution in [0, 0.1) is 0 Å². The van der Waals surface area contributed by atoms with E-state index in [4.69, 9.17) is 0 Å². The van der Waals surface area contributed by atoms with Gasteiger partial charge in [-0.3, -0.25) is 4.79 Å². The van der Waals surface area contributed by atoms with Gasteiger partial charge in [-0.1, -0.05) is 0 Å². The summed E-state index contributed by atoms with van der Waals surface area (Å²) in [5, 5.41) is 2.84. The SMILES string of the molecule is O=c1nc2n(c3c1CN(I)CC3(F)F)CCN2. The molecule has 5 nitrogen and oxygen atoms in total. The van der Waals surface area contributed by atoms with Gasteiger partial charge in [0.1, 0.15) is 5.69 Å². The van der Waals surface area contributed by atoms with E-state index < -0.39 is 11.5 Å². The second-order valence-corrected chi connectivity index (χ2v) is 5.49. The van der Waals surface area contributed by atoms with E-state index in [1.54, 1.807) is 22.9 Å². The Balaban J connectivity index is 2.31. The number of hydrogen-bond donors (Lipinski definition) is 1. The largest absolute Gasteiger partial charge is 0.354 e. The quantitative estimate of drug-likeness (QED) is 0.556. The highest BCUT2D eigenvalue weighted by atomic mass is 127. The number of aromatic nitrogens is 2. The molecule has 0 atom stereocenters. The van der Waals surface area contributed by atoms with E-state index >= 15 is 0 Å². The highest BCUT2D eigenvalue weighted by Gasteiger charge is 2.44. The summed E-state index contributed by atoms with van der Waals surface area (Å²) in [6.45, 7) is 0.815. The van der Waals surface area contributed by atoms with Crippen LogP contribution in [0.15, 0.2) is 4.79 Å². The lowest BCUT2D eigenvalue weighted by Crippen LogP contribution is -2.41. The molecule has 1 aromatic rings. The Kier molecular flexibility index (Phi) is 2.41. The smallest absolute Gasteiger partial charge is 0.301 e. The number of nitrogens with zero attached hydrogens (tertiary/aromatic N) is 3. The fourth-order valence-corrected chi connectivity index (χ4v) is 3.07. The Morgan fingerprint density at radius 3 is 3.00 bits per heavy atom. The van der Waals surface area contributed by atoms with Crippen LogP contribution >= 0.6 is 22.9 Å². The zero-order chi connectivity index (χ0) is 12.2. The lowest BCUT2D eigenvalue weighted by Gasteiger charge is -2.31. The summed E-state index contributed by atoms with van der Waals surface area (Å²) in [5.74, 6) is -2.74. The average molecular weight is 354 g/mol. The van der Waals surface area contributed by atoms with Gasteiger partial charge in [0.25, 0.3) is 5.56 Å². The Bertz CT molecular complexity index is 545. The zero-order valence-corrected chi connectivity index (χ0v) is 10.9. The van der Waals surface area contributed by atoms with Crippen LogP contribution in [0.5, 0.6) is 0 Å². The molecule has 3 heterocycles. The first-order valence-corrected chi connectivity index (χ1v) is 6.12. The molecule has 0 fully saturated rings. The molecule has 1 N–H and O–H groups in total. The van der Waals surface area contributed by atoms with E-state index in [2.05, 4.69) is 10.3 Å². The summed E-state index contributed by atoms with van der Waals surface area (Å²) in [7, 11) is 0. The van der Waals surface area contributed by atoms with Crippen LogP contribution in [0.3, 0.4) is 0 Å². The van der Waals surface area contributed by atoms with Gasteiger partial charge in [0, 0.05) is 42.5 Å². The van der Waals surface area contributed by atoms with Gasteiger partial charge < -0.3 is 9.88 Å². The lowest BCUT2D eigenvalue weighted by molar-refractivity contribution is -0.0346. The zero-order valence-electron chi connectivity index (χ0n) is 8.71. The number of rotatable bonds is 0. The van der Waals surface area contributed by atoms with E-state index in [0.29, 0.717) is 13.1 Å². The second kappa shape index (κ2) is 3.61. The van der Waals surface area contributed by atoms with Crippen LogP contribution in [0.1, 0.15) is 11.3 Å². The minimum atomic E-state index is -3.00. The number of hydrogen-bond acceptors (Lipinski definition) is 4. The third-order valence-corrected chi connectivity index (χ3v) is 3.62. The van der Waals surface area contributed by atoms with E-state index in [1.165, 1.54) is 7.68 Å². The van der Waals surface area contributed by atoms with Gasteiger partial charge in [0.15, 0.2) is 0 Å². The molecule has 0 spiro atoms. The molecule has 8 heteroatoms. The van der Waals surface area contributed by atoms with Gasteiger partial charge in [0.05, 0.1) is 12.1 Å². The molecule has 92 valence electrons. The van der Waals surface area contributed by atoms with Gasteiger partial charge >= 0.3 is 5.92 Å². The lowest BCUT2D eigenvalue weighted by atomic mass is 10.1. The third kappa shape index (κ3) is 1.65. The van der Waals surface area contributed by atoms with Crippen molar-refractivity contribution in [2.24, 2.45) is 0 Å². The maximum Gasteiger partial charge on any atom is 0.301 e. The monoisotopic (exact) mass is 354 g/mol. The molecule has 0 bridgehead atoms. The van der Waals surface area contributed by atoms with Gasteiger partial charge in [-0.05, 0) is 0 Å². The van der Waals surface area contributed by atoms with Crippen LogP contribution in [0.25, 0.3) is 0 Å². The Labute approximate surface area is 109 Å². The molecule has 0 unspecified atom stereocenters. The van der Waals surface area contributed by atoms with Gasteiger partial charge in [-0.2, -0.15) is 13.8 Å². The molecule has 17 heavy (non-hydrogen) atoms. The maximum atomic E-state index is 14.0. The van der Waals surface area contributed by atoms with Crippen molar-refractivity contribution in [2.45, 2.75) is 19.0 Å². The molecule has 0 amide bonds. The van der Waals surface area contributed by atoms with E-state index in [0.717, 1.165) is 0 Å². The van der Waals surface area contributed by atoms with Crippen molar-refractivity contribution in [1.82, 2.24) is 12.7 Å².